The molecule has 82 valence electrons. The topological polar surface area (TPSA) is 51.2 Å². The minimum atomic E-state index is -3.59. The van der Waals surface area contributed by atoms with Gasteiger partial charge in [0.15, 0.2) is 5.78 Å². The molecule has 15 heavy (non-hydrogen) atoms. The third-order valence-electron chi connectivity index (χ3n) is 1.74. The molecule has 0 bridgehead atoms. The van der Waals surface area contributed by atoms with Gasteiger partial charge in [-0.25, -0.2) is 8.42 Å². The molecule has 0 amide bonds. The van der Waals surface area contributed by atoms with Crippen LogP contribution < -0.4 is 0 Å². The first-order valence-corrected chi connectivity index (χ1v) is 7.37. The summed E-state index contributed by atoms with van der Waals surface area (Å²) in [6.45, 7) is 0. The Labute approximate surface area is 101 Å². The maximum atomic E-state index is 11.5. The van der Waals surface area contributed by atoms with Gasteiger partial charge in [0.25, 0.3) is 0 Å². The standard InChI is InChI=1S/C9H8BrClO3S/c10-8-3-1-7(2-4-8)9(12)5-6-15(11,13)14/h1-4H,5-6H2. The number of halogens is 2. The Morgan fingerprint density at radius 2 is 1.80 bits per heavy atom. The largest absolute Gasteiger partial charge is 0.294 e. The number of Topliss-reactive ketones (excluding diaryl/α,β-unsaturated/α-hetero) is 1. The predicted octanol–water partition coefficient (Wildman–Crippen LogP) is 2.59. The van der Waals surface area contributed by atoms with Crippen molar-refractivity contribution in [3.8, 4) is 0 Å². The minimum absolute atomic E-state index is 0.0898. The van der Waals surface area contributed by atoms with Crippen molar-refractivity contribution >= 4 is 41.4 Å². The SMILES string of the molecule is O=C(CCS(=O)(=O)Cl)c1ccc(Br)cc1. The number of ketones is 1. The second-order valence-electron chi connectivity index (χ2n) is 2.92. The summed E-state index contributed by atoms with van der Waals surface area (Å²) in [5.41, 5.74) is 0.485. The highest BCUT2D eigenvalue weighted by Gasteiger charge is 2.11. The Hall–Kier alpha value is -0.390. The summed E-state index contributed by atoms with van der Waals surface area (Å²) >= 11 is 3.24. The van der Waals surface area contributed by atoms with Crippen LogP contribution >= 0.6 is 26.6 Å². The van der Waals surface area contributed by atoms with Crippen molar-refractivity contribution in [3.05, 3.63) is 34.3 Å². The molecular weight excluding hydrogens is 304 g/mol. The average molecular weight is 312 g/mol. The van der Waals surface area contributed by atoms with Gasteiger partial charge >= 0.3 is 0 Å². The molecular formula is C9H8BrClO3S. The summed E-state index contributed by atoms with van der Waals surface area (Å²) in [6, 6.07) is 6.71. The summed E-state index contributed by atoms with van der Waals surface area (Å²) in [5.74, 6) is -0.560. The van der Waals surface area contributed by atoms with Crippen LogP contribution in [0.1, 0.15) is 16.8 Å². The van der Waals surface area contributed by atoms with E-state index >= 15 is 0 Å². The second kappa shape index (κ2) is 5.09. The third-order valence-corrected chi connectivity index (χ3v) is 3.42. The zero-order valence-electron chi connectivity index (χ0n) is 7.61. The molecule has 0 unspecified atom stereocenters. The Kier molecular flexibility index (Phi) is 4.31. The van der Waals surface area contributed by atoms with Crippen LogP contribution in [0.5, 0.6) is 0 Å². The van der Waals surface area contributed by atoms with Crippen molar-refractivity contribution in [2.75, 3.05) is 5.75 Å². The first kappa shape index (κ1) is 12.7. The molecule has 0 radical (unpaired) electrons. The smallest absolute Gasteiger partial charge is 0.233 e. The molecule has 0 aromatic heterocycles. The van der Waals surface area contributed by atoms with Crippen LogP contribution in [0.25, 0.3) is 0 Å². The molecule has 0 spiro atoms. The highest BCUT2D eigenvalue weighted by Crippen LogP contribution is 2.12. The maximum Gasteiger partial charge on any atom is 0.233 e. The maximum absolute atomic E-state index is 11.5. The summed E-state index contributed by atoms with van der Waals surface area (Å²) in [4.78, 5) is 11.5. The molecule has 0 fully saturated rings. The highest BCUT2D eigenvalue weighted by molar-refractivity contribution is 9.10. The zero-order valence-corrected chi connectivity index (χ0v) is 10.8. The van der Waals surface area contributed by atoms with E-state index in [0.717, 1.165) is 4.47 Å². The molecule has 0 heterocycles. The number of benzene rings is 1. The van der Waals surface area contributed by atoms with Crippen molar-refractivity contribution in [1.29, 1.82) is 0 Å². The third kappa shape index (κ3) is 4.77. The van der Waals surface area contributed by atoms with Crippen LogP contribution in [0.15, 0.2) is 28.7 Å². The van der Waals surface area contributed by atoms with Gasteiger partial charge in [0.2, 0.25) is 9.05 Å². The van der Waals surface area contributed by atoms with E-state index in [-0.39, 0.29) is 18.0 Å². The molecule has 6 heteroatoms. The summed E-state index contributed by atoms with van der Waals surface area (Å²) in [7, 11) is 1.41. The van der Waals surface area contributed by atoms with Crippen molar-refractivity contribution in [1.82, 2.24) is 0 Å². The quantitative estimate of drug-likeness (QED) is 0.634. The molecule has 0 atom stereocenters. The molecule has 0 aliphatic rings. The van der Waals surface area contributed by atoms with Gasteiger partial charge in [-0.05, 0) is 12.1 Å². The van der Waals surface area contributed by atoms with E-state index in [0.29, 0.717) is 5.56 Å². The Morgan fingerprint density at radius 1 is 1.27 bits per heavy atom. The lowest BCUT2D eigenvalue weighted by Crippen LogP contribution is -2.06. The minimum Gasteiger partial charge on any atom is -0.294 e. The molecule has 0 N–H and O–H groups in total. The van der Waals surface area contributed by atoms with E-state index in [1.165, 1.54) is 0 Å². The Balaban J connectivity index is 2.66. The molecule has 1 rings (SSSR count). The van der Waals surface area contributed by atoms with Crippen molar-refractivity contribution in [2.45, 2.75) is 6.42 Å². The Morgan fingerprint density at radius 3 is 2.27 bits per heavy atom. The van der Waals surface area contributed by atoms with Crippen molar-refractivity contribution in [3.63, 3.8) is 0 Å². The normalized spacial score (nSPS) is 11.3. The van der Waals surface area contributed by atoms with Crippen LogP contribution in [0.4, 0.5) is 0 Å². The van der Waals surface area contributed by atoms with Crippen LogP contribution in [0.2, 0.25) is 0 Å². The lowest BCUT2D eigenvalue weighted by molar-refractivity contribution is 0.0989. The van der Waals surface area contributed by atoms with Gasteiger partial charge in [0.05, 0.1) is 5.75 Å². The monoisotopic (exact) mass is 310 g/mol. The summed E-state index contributed by atoms with van der Waals surface area (Å²) < 4.78 is 22.1. The van der Waals surface area contributed by atoms with Crippen molar-refractivity contribution < 1.29 is 13.2 Å². The van der Waals surface area contributed by atoms with Crippen LogP contribution in [0, 0.1) is 0 Å². The molecule has 1 aromatic rings. The molecule has 0 saturated heterocycles. The van der Waals surface area contributed by atoms with Gasteiger partial charge in [-0.2, -0.15) is 0 Å². The van der Waals surface area contributed by atoms with Gasteiger partial charge in [-0.3, -0.25) is 4.79 Å². The van der Waals surface area contributed by atoms with E-state index in [9.17, 15) is 13.2 Å². The fraction of sp³-hybridized carbons (Fsp3) is 0.222. The second-order valence-corrected chi connectivity index (χ2v) is 6.74. The van der Waals surface area contributed by atoms with E-state index in [4.69, 9.17) is 10.7 Å². The highest BCUT2D eigenvalue weighted by atomic mass is 79.9. The van der Waals surface area contributed by atoms with Gasteiger partial charge in [0.1, 0.15) is 0 Å². The molecule has 0 saturated carbocycles. The lowest BCUT2D eigenvalue weighted by Gasteiger charge is -1.99. The zero-order chi connectivity index (χ0) is 11.5. The summed E-state index contributed by atoms with van der Waals surface area (Å²) in [5, 5.41) is 0. The number of rotatable bonds is 4. The first-order valence-electron chi connectivity index (χ1n) is 4.09. The molecule has 1 aromatic carbocycles. The number of carbonyl (C=O) groups excluding carboxylic acids is 1. The number of hydrogen-bond acceptors (Lipinski definition) is 3. The van der Waals surface area contributed by atoms with Gasteiger partial charge in [-0.1, -0.05) is 28.1 Å². The fourth-order valence-corrected chi connectivity index (χ4v) is 1.92. The van der Waals surface area contributed by atoms with Gasteiger partial charge in [0, 0.05) is 27.1 Å². The number of hydrogen-bond donors (Lipinski definition) is 0. The Bertz CT molecular complexity index is 453. The predicted molar refractivity (Wildman–Crippen MR) is 62.7 cm³/mol. The van der Waals surface area contributed by atoms with Crippen LogP contribution in [-0.2, 0) is 9.05 Å². The molecule has 0 aliphatic heterocycles. The molecule has 0 aliphatic carbocycles. The molecule has 3 nitrogen and oxygen atoms in total. The van der Waals surface area contributed by atoms with E-state index in [2.05, 4.69) is 15.9 Å². The van der Waals surface area contributed by atoms with Gasteiger partial charge < -0.3 is 0 Å². The van der Waals surface area contributed by atoms with E-state index in [1.807, 2.05) is 0 Å². The van der Waals surface area contributed by atoms with E-state index in [1.54, 1.807) is 24.3 Å². The van der Waals surface area contributed by atoms with Crippen LogP contribution in [0.3, 0.4) is 0 Å². The number of carbonyl (C=O) groups is 1. The van der Waals surface area contributed by atoms with E-state index < -0.39 is 9.05 Å². The summed E-state index contributed by atoms with van der Waals surface area (Å²) in [6.07, 6.45) is -0.0898. The van der Waals surface area contributed by atoms with Crippen LogP contribution in [-0.4, -0.2) is 20.0 Å². The van der Waals surface area contributed by atoms with Crippen molar-refractivity contribution in [2.24, 2.45) is 0 Å². The average Bonchev–Trinajstić information content (AvgIpc) is 2.14. The fourth-order valence-electron chi connectivity index (χ4n) is 0.995. The lowest BCUT2D eigenvalue weighted by atomic mass is 10.1. The first-order chi connectivity index (χ1) is 6.88. The van der Waals surface area contributed by atoms with Gasteiger partial charge in [-0.15, -0.1) is 0 Å².